The number of rotatable bonds is 5. The van der Waals surface area contributed by atoms with E-state index in [1.807, 2.05) is 37.3 Å². The molecular weight excluding hydrogens is 216 g/mol. The summed E-state index contributed by atoms with van der Waals surface area (Å²) in [4.78, 5) is 11.7. The van der Waals surface area contributed by atoms with Crippen molar-refractivity contribution in [1.82, 2.24) is 5.32 Å². The second kappa shape index (κ2) is 6.66. The summed E-state index contributed by atoms with van der Waals surface area (Å²) in [5, 5.41) is 11.9. The van der Waals surface area contributed by atoms with Crippen LogP contribution >= 0.6 is 0 Å². The molecule has 1 N–H and O–H groups in total. The largest absolute Gasteiger partial charge is 0.468 e. The van der Waals surface area contributed by atoms with Gasteiger partial charge in [-0.25, -0.2) is 4.79 Å². The Bertz CT molecular complexity index is 398. The van der Waals surface area contributed by atoms with Crippen molar-refractivity contribution < 1.29 is 9.53 Å². The second-order valence-corrected chi connectivity index (χ2v) is 3.62. The molecule has 0 fully saturated rings. The molecule has 1 aromatic carbocycles. The Morgan fingerprint density at radius 3 is 2.59 bits per heavy atom. The van der Waals surface area contributed by atoms with Gasteiger partial charge in [-0.2, -0.15) is 5.26 Å². The quantitative estimate of drug-likeness (QED) is 0.786. The third-order valence-electron chi connectivity index (χ3n) is 2.50. The number of nitrogens with one attached hydrogen (secondary N) is 1. The summed E-state index contributed by atoms with van der Waals surface area (Å²) in [5.74, 6) is -0.384. The fourth-order valence-electron chi connectivity index (χ4n) is 1.51. The van der Waals surface area contributed by atoms with Gasteiger partial charge in [-0.15, -0.1) is 0 Å². The minimum absolute atomic E-state index is 0.362. The number of carbonyl (C=O) groups excluding carboxylic acids is 1. The van der Waals surface area contributed by atoms with E-state index in [2.05, 4.69) is 11.4 Å². The highest BCUT2D eigenvalue weighted by Crippen LogP contribution is 2.15. The highest BCUT2D eigenvalue weighted by Gasteiger charge is 2.23. The molecule has 0 aliphatic rings. The zero-order valence-electron chi connectivity index (χ0n) is 10.0. The molecule has 17 heavy (non-hydrogen) atoms. The summed E-state index contributed by atoms with van der Waals surface area (Å²) in [5.41, 5.74) is 0.799. The van der Waals surface area contributed by atoms with Gasteiger partial charge in [0.05, 0.1) is 19.2 Å². The highest BCUT2D eigenvalue weighted by molar-refractivity contribution is 5.77. The van der Waals surface area contributed by atoms with Gasteiger partial charge in [0.15, 0.2) is 0 Å². The summed E-state index contributed by atoms with van der Waals surface area (Å²) in [6.07, 6.45) is 0.636. The molecule has 2 atom stereocenters. The fraction of sp³-hybridized carbons (Fsp3) is 0.385. The van der Waals surface area contributed by atoms with Crippen molar-refractivity contribution in [2.24, 2.45) is 0 Å². The van der Waals surface area contributed by atoms with E-state index in [0.717, 1.165) is 5.56 Å². The lowest BCUT2D eigenvalue weighted by atomic mass is 10.1. The molecule has 90 valence electrons. The Kier molecular flexibility index (Phi) is 5.18. The van der Waals surface area contributed by atoms with Crippen LogP contribution in [0.2, 0.25) is 0 Å². The minimum Gasteiger partial charge on any atom is -0.468 e. The maximum Gasteiger partial charge on any atom is 0.327 e. The van der Waals surface area contributed by atoms with Crippen LogP contribution in [0.3, 0.4) is 0 Å². The number of nitrogens with zero attached hydrogens (tertiary/aromatic N) is 1. The van der Waals surface area contributed by atoms with E-state index in [9.17, 15) is 4.79 Å². The van der Waals surface area contributed by atoms with Crippen molar-refractivity contribution in [2.75, 3.05) is 7.11 Å². The van der Waals surface area contributed by atoms with Crippen molar-refractivity contribution in [1.29, 1.82) is 5.26 Å². The number of nitriles is 1. The van der Waals surface area contributed by atoms with Gasteiger partial charge in [0.2, 0.25) is 0 Å². The molecule has 0 radical (unpaired) electrons. The summed E-state index contributed by atoms with van der Waals surface area (Å²) >= 11 is 0. The van der Waals surface area contributed by atoms with Gasteiger partial charge < -0.3 is 4.74 Å². The van der Waals surface area contributed by atoms with Crippen molar-refractivity contribution in [3.05, 3.63) is 35.9 Å². The lowest BCUT2D eigenvalue weighted by molar-refractivity contribution is -0.143. The summed E-state index contributed by atoms with van der Waals surface area (Å²) in [6.45, 7) is 1.89. The van der Waals surface area contributed by atoms with E-state index >= 15 is 0 Å². The van der Waals surface area contributed by atoms with Crippen LogP contribution in [0.5, 0.6) is 0 Å². The van der Waals surface area contributed by atoms with Crippen LogP contribution in [0, 0.1) is 11.3 Å². The number of ether oxygens (including phenoxy) is 1. The second-order valence-electron chi connectivity index (χ2n) is 3.62. The van der Waals surface area contributed by atoms with Gasteiger partial charge in [-0.3, -0.25) is 5.32 Å². The van der Waals surface area contributed by atoms with Gasteiger partial charge in [-0.1, -0.05) is 37.3 Å². The van der Waals surface area contributed by atoms with Crippen molar-refractivity contribution in [3.63, 3.8) is 0 Å². The van der Waals surface area contributed by atoms with Gasteiger partial charge in [-0.05, 0) is 12.0 Å². The van der Waals surface area contributed by atoms with E-state index in [1.54, 1.807) is 0 Å². The van der Waals surface area contributed by atoms with Gasteiger partial charge >= 0.3 is 5.97 Å². The van der Waals surface area contributed by atoms with E-state index < -0.39 is 6.04 Å². The Morgan fingerprint density at radius 1 is 1.47 bits per heavy atom. The van der Waals surface area contributed by atoms with Crippen LogP contribution in [0.25, 0.3) is 0 Å². The number of benzene rings is 1. The molecule has 0 spiro atoms. The normalized spacial score (nSPS) is 13.5. The maximum atomic E-state index is 11.7. The third-order valence-corrected chi connectivity index (χ3v) is 2.50. The summed E-state index contributed by atoms with van der Waals surface area (Å²) in [7, 11) is 1.34. The lowest BCUT2D eigenvalue weighted by Crippen LogP contribution is -2.36. The van der Waals surface area contributed by atoms with Crippen LogP contribution < -0.4 is 5.32 Å². The van der Waals surface area contributed by atoms with E-state index in [-0.39, 0.29) is 12.0 Å². The van der Waals surface area contributed by atoms with Crippen LogP contribution in [0.4, 0.5) is 0 Å². The number of hydrogen-bond acceptors (Lipinski definition) is 4. The predicted molar refractivity (Wildman–Crippen MR) is 64.0 cm³/mol. The number of methoxy groups -OCH3 is 1. The summed E-state index contributed by atoms with van der Waals surface area (Å²) in [6, 6.07) is 10.4. The molecule has 0 amide bonds. The molecule has 2 unspecified atom stereocenters. The SMILES string of the molecule is CCC(C#N)NC(C(=O)OC)c1ccccc1. The van der Waals surface area contributed by atoms with Gasteiger partial charge in [0.1, 0.15) is 6.04 Å². The first-order valence-corrected chi connectivity index (χ1v) is 5.51. The average Bonchev–Trinajstić information content (AvgIpc) is 2.40. The minimum atomic E-state index is -0.592. The zero-order valence-corrected chi connectivity index (χ0v) is 10.0. The average molecular weight is 232 g/mol. The Hall–Kier alpha value is -1.86. The molecule has 4 heteroatoms. The molecule has 4 nitrogen and oxygen atoms in total. The molecule has 1 aromatic rings. The first kappa shape index (κ1) is 13.2. The molecule has 0 heterocycles. The van der Waals surface area contributed by atoms with Crippen LogP contribution in [-0.2, 0) is 9.53 Å². The van der Waals surface area contributed by atoms with E-state index in [1.165, 1.54) is 7.11 Å². The van der Waals surface area contributed by atoms with Crippen LogP contribution in [0.15, 0.2) is 30.3 Å². The zero-order chi connectivity index (χ0) is 12.7. The first-order valence-electron chi connectivity index (χ1n) is 5.51. The van der Waals surface area contributed by atoms with Gasteiger partial charge in [0.25, 0.3) is 0 Å². The molecule has 0 aliphatic carbocycles. The monoisotopic (exact) mass is 232 g/mol. The molecule has 0 aliphatic heterocycles. The Morgan fingerprint density at radius 2 is 2.12 bits per heavy atom. The Labute approximate surface area is 101 Å². The fourth-order valence-corrected chi connectivity index (χ4v) is 1.51. The predicted octanol–water partition coefficient (Wildman–Crippen LogP) is 1.79. The lowest BCUT2D eigenvalue weighted by Gasteiger charge is -2.19. The van der Waals surface area contributed by atoms with Crippen LogP contribution in [-0.4, -0.2) is 19.1 Å². The van der Waals surface area contributed by atoms with Crippen molar-refractivity contribution in [2.45, 2.75) is 25.4 Å². The summed E-state index contributed by atoms with van der Waals surface area (Å²) < 4.78 is 4.75. The van der Waals surface area contributed by atoms with E-state index in [0.29, 0.717) is 6.42 Å². The standard InChI is InChI=1S/C13H16N2O2/c1-3-11(9-14)15-12(13(16)17-2)10-7-5-4-6-8-10/h4-8,11-12,15H,3H2,1-2H3. The number of hydrogen-bond donors (Lipinski definition) is 1. The number of esters is 1. The topological polar surface area (TPSA) is 62.1 Å². The molecule has 0 aromatic heterocycles. The molecule has 0 saturated carbocycles. The maximum absolute atomic E-state index is 11.7. The van der Waals surface area contributed by atoms with Crippen LogP contribution in [0.1, 0.15) is 24.9 Å². The van der Waals surface area contributed by atoms with E-state index in [4.69, 9.17) is 10.00 Å². The molecular formula is C13H16N2O2. The highest BCUT2D eigenvalue weighted by atomic mass is 16.5. The Balaban J connectivity index is 2.90. The van der Waals surface area contributed by atoms with Gasteiger partial charge in [0, 0.05) is 0 Å². The molecule has 0 bridgehead atoms. The smallest absolute Gasteiger partial charge is 0.327 e. The molecule has 1 rings (SSSR count). The third kappa shape index (κ3) is 3.58. The first-order chi connectivity index (χ1) is 8.22. The molecule has 0 saturated heterocycles. The van der Waals surface area contributed by atoms with Crippen molar-refractivity contribution >= 4 is 5.97 Å². The number of carbonyl (C=O) groups is 1. The van der Waals surface area contributed by atoms with Crippen molar-refractivity contribution in [3.8, 4) is 6.07 Å².